The van der Waals surface area contributed by atoms with E-state index in [1.807, 2.05) is 32.2 Å². The predicted molar refractivity (Wildman–Crippen MR) is 81.3 cm³/mol. The maximum atomic E-state index is 4.37. The lowest BCUT2D eigenvalue weighted by molar-refractivity contribution is 1.00. The Labute approximate surface area is 110 Å². The minimum Gasteiger partial charge on any atom is -0.287 e. The van der Waals surface area contributed by atoms with Gasteiger partial charge in [-0.3, -0.25) is 9.98 Å². The summed E-state index contributed by atoms with van der Waals surface area (Å²) < 4.78 is 0. The topological polar surface area (TPSA) is 24.7 Å². The first-order valence-corrected chi connectivity index (χ1v) is 6.05. The lowest BCUT2D eigenvalue weighted by atomic mass is 9.92. The van der Waals surface area contributed by atoms with Crippen molar-refractivity contribution in [1.82, 2.24) is 0 Å². The molecule has 1 atom stereocenters. The maximum absolute atomic E-state index is 4.37. The molecule has 0 aliphatic heterocycles. The molecule has 2 heteroatoms. The molecule has 0 bridgehead atoms. The van der Waals surface area contributed by atoms with Gasteiger partial charge in [0.15, 0.2) is 0 Å². The molecule has 94 valence electrons. The molecule has 1 unspecified atom stereocenters. The van der Waals surface area contributed by atoms with E-state index in [0.29, 0.717) is 6.54 Å². The summed E-state index contributed by atoms with van der Waals surface area (Å²) in [5, 5.41) is 0. The van der Waals surface area contributed by atoms with Crippen LogP contribution in [0.4, 0.5) is 0 Å². The van der Waals surface area contributed by atoms with E-state index in [2.05, 4.69) is 41.4 Å². The van der Waals surface area contributed by atoms with Gasteiger partial charge >= 0.3 is 0 Å². The van der Waals surface area contributed by atoms with Crippen molar-refractivity contribution in [2.24, 2.45) is 15.9 Å². The maximum Gasteiger partial charge on any atom is 0.0805 e. The van der Waals surface area contributed by atoms with Crippen LogP contribution < -0.4 is 0 Å². The van der Waals surface area contributed by atoms with Gasteiger partial charge < -0.3 is 0 Å². The highest BCUT2D eigenvalue weighted by molar-refractivity contribution is 5.82. The van der Waals surface area contributed by atoms with E-state index < -0.39 is 0 Å². The van der Waals surface area contributed by atoms with E-state index in [-0.39, 0.29) is 5.92 Å². The van der Waals surface area contributed by atoms with Crippen molar-refractivity contribution in [3.63, 3.8) is 0 Å². The molecule has 0 aromatic carbocycles. The highest BCUT2D eigenvalue weighted by Gasteiger charge is 2.09. The summed E-state index contributed by atoms with van der Waals surface area (Å²) >= 11 is 0. The molecule has 0 saturated heterocycles. The third kappa shape index (κ3) is 4.50. The fourth-order valence-electron chi connectivity index (χ4n) is 1.68. The number of aliphatic imine (C=N–C) groups is 2. The van der Waals surface area contributed by atoms with Crippen molar-refractivity contribution in [2.75, 3.05) is 6.54 Å². The average Bonchev–Trinajstić information content (AvgIpc) is 2.33. The Morgan fingerprint density at radius 3 is 2.89 bits per heavy atom. The highest BCUT2D eigenvalue weighted by atomic mass is 14.8. The molecule has 0 saturated carbocycles. The molecule has 0 radical (unpaired) electrons. The Morgan fingerprint density at radius 1 is 1.44 bits per heavy atom. The number of nitrogens with zero attached hydrogens (tertiary/aromatic N) is 2. The summed E-state index contributed by atoms with van der Waals surface area (Å²) in [6.45, 7) is 12.2. The quantitative estimate of drug-likeness (QED) is 0.514. The molecule has 0 amide bonds. The largest absolute Gasteiger partial charge is 0.287 e. The zero-order valence-electron chi connectivity index (χ0n) is 11.1. The summed E-state index contributed by atoms with van der Waals surface area (Å²) in [6, 6.07) is 0. The summed E-state index contributed by atoms with van der Waals surface area (Å²) in [6.07, 6.45) is 14.0. The second kappa shape index (κ2) is 7.38. The SMILES string of the molecule is C=C1C=CC(/C=C\C)C(C=NCC(=C)N=CC)=C1. The van der Waals surface area contributed by atoms with Crippen molar-refractivity contribution < 1.29 is 0 Å². The molecule has 2 nitrogen and oxygen atoms in total. The standard InChI is InChI=1S/C16H20N2/c1-5-7-15-9-8-13(3)10-16(15)12-17-11-14(4)18-6-2/h5-10,12,15H,3-4,11H2,1-2H3/b7-5-,17-12?,18-6?. The molecule has 0 aromatic heterocycles. The number of hydrogen-bond acceptors (Lipinski definition) is 2. The molecule has 0 spiro atoms. The lowest BCUT2D eigenvalue weighted by Gasteiger charge is -2.14. The molecule has 0 heterocycles. The van der Waals surface area contributed by atoms with Gasteiger partial charge in [-0.25, -0.2) is 0 Å². The molecule has 1 aliphatic carbocycles. The zero-order chi connectivity index (χ0) is 13.4. The van der Waals surface area contributed by atoms with Gasteiger partial charge in [-0.15, -0.1) is 0 Å². The summed E-state index contributed by atoms with van der Waals surface area (Å²) in [4.78, 5) is 8.44. The lowest BCUT2D eigenvalue weighted by Crippen LogP contribution is -2.04. The minimum absolute atomic E-state index is 0.284. The molecular formula is C16H20N2. The number of rotatable bonds is 5. The van der Waals surface area contributed by atoms with Crippen LogP contribution in [0.25, 0.3) is 0 Å². The number of allylic oxidation sites excluding steroid dienone is 7. The molecule has 0 fully saturated rings. The first-order chi connectivity index (χ1) is 8.67. The Kier molecular flexibility index (Phi) is 5.78. The van der Waals surface area contributed by atoms with Crippen LogP contribution in [-0.2, 0) is 0 Å². The summed E-state index contributed by atoms with van der Waals surface area (Å²) in [7, 11) is 0. The Bertz CT molecular complexity index is 459. The minimum atomic E-state index is 0.284. The van der Waals surface area contributed by atoms with Crippen LogP contribution >= 0.6 is 0 Å². The van der Waals surface area contributed by atoms with Gasteiger partial charge in [0.05, 0.1) is 12.2 Å². The van der Waals surface area contributed by atoms with E-state index >= 15 is 0 Å². The molecule has 0 aromatic rings. The van der Waals surface area contributed by atoms with Gasteiger partial charge in [-0.05, 0) is 31.1 Å². The fourth-order valence-corrected chi connectivity index (χ4v) is 1.68. The van der Waals surface area contributed by atoms with E-state index in [9.17, 15) is 0 Å². The van der Waals surface area contributed by atoms with Crippen molar-refractivity contribution in [2.45, 2.75) is 13.8 Å². The fraction of sp³-hybridized carbons (Fsp3) is 0.250. The van der Waals surface area contributed by atoms with Gasteiger partial charge in [0.1, 0.15) is 0 Å². The molecular weight excluding hydrogens is 220 g/mol. The van der Waals surface area contributed by atoms with Crippen LogP contribution in [-0.4, -0.2) is 19.0 Å². The van der Waals surface area contributed by atoms with Gasteiger partial charge in [0.2, 0.25) is 0 Å². The van der Waals surface area contributed by atoms with Crippen LogP contribution in [0.3, 0.4) is 0 Å². The Balaban J connectivity index is 2.71. The number of hydrogen-bond donors (Lipinski definition) is 0. The first-order valence-electron chi connectivity index (χ1n) is 6.05. The van der Waals surface area contributed by atoms with Crippen LogP contribution in [0.1, 0.15) is 13.8 Å². The van der Waals surface area contributed by atoms with Gasteiger partial charge in [0.25, 0.3) is 0 Å². The van der Waals surface area contributed by atoms with Gasteiger partial charge in [-0.1, -0.05) is 37.5 Å². The van der Waals surface area contributed by atoms with Gasteiger partial charge in [0, 0.05) is 18.3 Å². The predicted octanol–water partition coefficient (Wildman–Crippen LogP) is 3.91. The van der Waals surface area contributed by atoms with Crippen molar-refractivity contribution in [1.29, 1.82) is 0 Å². The molecule has 1 rings (SSSR count). The first kappa shape index (κ1) is 14.1. The Hall–Kier alpha value is -1.96. The third-order valence-corrected chi connectivity index (χ3v) is 2.48. The van der Waals surface area contributed by atoms with Crippen LogP contribution in [0.5, 0.6) is 0 Å². The van der Waals surface area contributed by atoms with Crippen molar-refractivity contribution in [3.8, 4) is 0 Å². The summed E-state index contributed by atoms with van der Waals surface area (Å²) in [5.74, 6) is 0.284. The average molecular weight is 240 g/mol. The van der Waals surface area contributed by atoms with Crippen LogP contribution in [0.2, 0.25) is 0 Å². The monoisotopic (exact) mass is 240 g/mol. The second-order valence-corrected chi connectivity index (χ2v) is 4.05. The van der Waals surface area contributed by atoms with Crippen LogP contribution in [0, 0.1) is 5.92 Å². The van der Waals surface area contributed by atoms with Crippen molar-refractivity contribution in [3.05, 3.63) is 60.4 Å². The molecule has 18 heavy (non-hydrogen) atoms. The van der Waals surface area contributed by atoms with E-state index in [1.54, 1.807) is 6.21 Å². The Morgan fingerprint density at radius 2 is 2.22 bits per heavy atom. The van der Waals surface area contributed by atoms with Crippen LogP contribution in [0.15, 0.2) is 70.4 Å². The van der Waals surface area contributed by atoms with Gasteiger partial charge in [-0.2, -0.15) is 0 Å². The van der Waals surface area contributed by atoms with E-state index in [4.69, 9.17) is 0 Å². The highest BCUT2D eigenvalue weighted by Crippen LogP contribution is 2.21. The van der Waals surface area contributed by atoms with E-state index in [1.165, 1.54) is 0 Å². The van der Waals surface area contributed by atoms with E-state index in [0.717, 1.165) is 16.8 Å². The summed E-state index contributed by atoms with van der Waals surface area (Å²) in [5.41, 5.74) is 2.92. The zero-order valence-corrected chi connectivity index (χ0v) is 11.1. The normalized spacial score (nSPS) is 20.2. The molecule has 1 aliphatic rings. The smallest absolute Gasteiger partial charge is 0.0805 e. The second-order valence-electron chi connectivity index (χ2n) is 4.05. The third-order valence-electron chi connectivity index (χ3n) is 2.48. The van der Waals surface area contributed by atoms with Crippen molar-refractivity contribution >= 4 is 12.4 Å². The molecule has 0 N–H and O–H groups in total.